The Morgan fingerprint density at radius 2 is 1.92 bits per heavy atom. The molecule has 0 atom stereocenters. The maximum absolute atomic E-state index is 12.7. The van der Waals surface area contributed by atoms with Crippen LogP contribution in [0.5, 0.6) is 0 Å². The molecule has 0 aliphatic heterocycles. The van der Waals surface area contributed by atoms with Gasteiger partial charge in [0.2, 0.25) is 0 Å². The van der Waals surface area contributed by atoms with E-state index in [1.54, 1.807) is 6.20 Å². The van der Waals surface area contributed by atoms with E-state index >= 15 is 0 Å². The summed E-state index contributed by atoms with van der Waals surface area (Å²) in [5.41, 5.74) is 4.47. The fraction of sp³-hybridized carbons (Fsp3) is 0.150. The third kappa shape index (κ3) is 4.71. The molecule has 0 fully saturated rings. The molecule has 0 aliphatic rings. The summed E-state index contributed by atoms with van der Waals surface area (Å²) in [6, 6.07) is 16.0. The number of amides is 1. The highest BCUT2D eigenvalue weighted by Gasteiger charge is 2.15. The molecule has 0 bridgehead atoms. The average Bonchev–Trinajstić information content (AvgIpc) is 2.64. The molecule has 1 amide bonds. The minimum absolute atomic E-state index is 0.257. The largest absolute Gasteiger partial charge is 0.320 e. The molecule has 1 heterocycles. The minimum atomic E-state index is -0.257. The fourth-order valence-corrected chi connectivity index (χ4v) is 3.58. The smallest absolute Gasteiger partial charge is 0.275 e. The Morgan fingerprint density at radius 3 is 2.65 bits per heavy atom. The van der Waals surface area contributed by atoms with Gasteiger partial charge < -0.3 is 5.32 Å². The van der Waals surface area contributed by atoms with E-state index < -0.39 is 0 Å². The molecule has 0 saturated heterocycles. The van der Waals surface area contributed by atoms with Crippen molar-refractivity contribution in [2.45, 2.75) is 24.8 Å². The minimum Gasteiger partial charge on any atom is -0.320 e. The summed E-state index contributed by atoms with van der Waals surface area (Å²) < 4.78 is 0.573. The van der Waals surface area contributed by atoms with E-state index in [-0.39, 0.29) is 5.91 Å². The van der Waals surface area contributed by atoms with Gasteiger partial charge in [-0.05, 0) is 47.0 Å². The van der Waals surface area contributed by atoms with Crippen LogP contribution in [0.15, 0.2) is 64.4 Å². The predicted molar refractivity (Wildman–Crippen MR) is 110 cm³/mol. The van der Waals surface area contributed by atoms with Gasteiger partial charge in [-0.1, -0.05) is 59.8 Å². The molecule has 6 heteroatoms. The summed E-state index contributed by atoms with van der Waals surface area (Å²) in [5, 5.41) is 3.50. The van der Waals surface area contributed by atoms with Crippen molar-refractivity contribution in [2.24, 2.45) is 0 Å². The lowest BCUT2D eigenvalue weighted by atomic mass is 10.1. The standard InChI is InChI=1S/C20H18BrN3OS/c1-13-8-9-17(14(2)10-13)23-19(25)18-16(21)11-22-20(24-18)26-12-15-6-4-3-5-7-15/h3-11H,12H2,1-2H3,(H,23,25). The Bertz CT molecular complexity index is 932. The van der Waals surface area contributed by atoms with Crippen LogP contribution >= 0.6 is 27.7 Å². The maximum Gasteiger partial charge on any atom is 0.275 e. The zero-order valence-electron chi connectivity index (χ0n) is 14.5. The lowest BCUT2D eigenvalue weighted by Crippen LogP contribution is -2.16. The molecule has 0 radical (unpaired) electrons. The van der Waals surface area contributed by atoms with Gasteiger partial charge in [0.15, 0.2) is 5.16 Å². The van der Waals surface area contributed by atoms with Crippen molar-refractivity contribution in [3.63, 3.8) is 0 Å². The van der Waals surface area contributed by atoms with Gasteiger partial charge in [0, 0.05) is 17.6 Å². The molecule has 3 rings (SSSR count). The lowest BCUT2D eigenvalue weighted by molar-refractivity contribution is 0.102. The number of halogens is 1. The van der Waals surface area contributed by atoms with Gasteiger partial charge in [-0.15, -0.1) is 0 Å². The molecule has 2 aromatic carbocycles. The number of thioether (sulfide) groups is 1. The number of hydrogen-bond acceptors (Lipinski definition) is 4. The number of benzene rings is 2. The van der Waals surface area contributed by atoms with E-state index in [4.69, 9.17) is 0 Å². The number of anilines is 1. The molecular formula is C20H18BrN3OS. The first-order chi connectivity index (χ1) is 12.5. The number of hydrogen-bond donors (Lipinski definition) is 1. The summed E-state index contributed by atoms with van der Waals surface area (Å²) in [7, 11) is 0. The molecular weight excluding hydrogens is 410 g/mol. The van der Waals surface area contributed by atoms with Gasteiger partial charge in [-0.25, -0.2) is 9.97 Å². The van der Waals surface area contributed by atoms with Crippen molar-refractivity contribution in [3.05, 3.63) is 81.6 Å². The Hall–Kier alpha value is -2.18. The molecule has 0 unspecified atom stereocenters. The molecule has 1 aromatic heterocycles. The van der Waals surface area contributed by atoms with E-state index in [1.165, 1.54) is 17.3 Å². The van der Waals surface area contributed by atoms with Crippen molar-refractivity contribution >= 4 is 39.3 Å². The second kappa shape index (κ2) is 8.47. The lowest BCUT2D eigenvalue weighted by Gasteiger charge is -2.10. The monoisotopic (exact) mass is 427 g/mol. The number of nitrogens with one attached hydrogen (secondary N) is 1. The van der Waals surface area contributed by atoms with Crippen molar-refractivity contribution in [3.8, 4) is 0 Å². The van der Waals surface area contributed by atoms with Crippen LogP contribution in [-0.2, 0) is 5.75 Å². The van der Waals surface area contributed by atoms with Gasteiger partial charge in [0.05, 0.1) is 4.47 Å². The zero-order valence-corrected chi connectivity index (χ0v) is 16.9. The molecule has 0 aliphatic carbocycles. The molecule has 3 aromatic rings. The summed E-state index contributed by atoms with van der Waals surface area (Å²) in [6.45, 7) is 3.99. The van der Waals surface area contributed by atoms with E-state index in [1.807, 2.05) is 50.2 Å². The topological polar surface area (TPSA) is 54.9 Å². The van der Waals surface area contributed by atoms with Crippen molar-refractivity contribution < 1.29 is 4.79 Å². The second-order valence-electron chi connectivity index (χ2n) is 5.90. The van der Waals surface area contributed by atoms with Crippen molar-refractivity contribution in [1.29, 1.82) is 0 Å². The number of rotatable bonds is 5. The Morgan fingerprint density at radius 1 is 1.15 bits per heavy atom. The molecule has 26 heavy (non-hydrogen) atoms. The highest BCUT2D eigenvalue weighted by Crippen LogP contribution is 2.23. The van der Waals surface area contributed by atoms with Crippen LogP contribution in [0, 0.1) is 13.8 Å². The Labute approximate surface area is 165 Å². The summed E-state index contributed by atoms with van der Waals surface area (Å²) in [6.07, 6.45) is 1.62. The zero-order chi connectivity index (χ0) is 18.5. The Balaban J connectivity index is 1.75. The maximum atomic E-state index is 12.7. The Kier molecular flexibility index (Phi) is 6.06. The summed E-state index contributed by atoms with van der Waals surface area (Å²) in [5.74, 6) is 0.494. The molecule has 132 valence electrons. The van der Waals surface area contributed by atoms with E-state index in [0.717, 1.165) is 22.6 Å². The van der Waals surface area contributed by atoms with Crippen LogP contribution in [0.1, 0.15) is 27.2 Å². The number of aryl methyl sites for hydroxylation is 2. The highest BCUT2D eigenvalue weighted by atomic mass is 79.9. The van der Waals surface area contributed by atoms with Gasteiger partial charge in [-0.2, -0.15) is 0 Å². The molecule has 4 nitrogen and oxygen atoms in total. The van der Waals surface area contributed by atoms with Gasteiger partial charge in [0.25, 0.3) is 5.91 Å². The predicted octanol–water partition coefficient (Wildman–Crippen LogP) is 5.40. The van der Waals surface area contributed by atoms with E-state index in [0.29, 0.717) is 15.3 Å². The highest BCUT2D eigenvalue weighted by molar-refractivity contribution is 9.10. The summed E-state index contributed by atoms with van der Waals surface area (Å²) >= 11 is 4.88. The SMILES string of the molecule is Cc1ccc(NC(=O)c2nc(SCc3ccccc3)ncc2Br)c(C)c1. The third-order valence-electron chi connectivity index (χ3n) is 3.78. The van der Waals surface area contributed by atoms with Crippen LogP contribution in [0.3, 0.4) is 0 Å². The normalized spacial score (nSPS) is 10.6. The van der Waals surface area contributed by atoms with Crippen LogP contribution in [0.4, 0.5) is 5.69 Å². The number of aromatic nitrogens is 2. The fourth-order valence-electron chi connectivity index (χ4n) is 2.44. The van der Waals surface area contributed by atoms with Gasteiger partial charge in [-0.3, -0.25) is 4.79 Å². The first-order valence-corrected chi connectivity index (χ1v) is 9.88. The van der Waals surface area contributed by atoms with Gasteiger partial charge in [0.1, 0.15) is 5.69 Å². The molecule has 0 saturated carbocycles. The van der Waals surface area contributed by atoms with Crippen LogP contribution in [-0.4, -0.2) is 15.9 Å². The molecule has 0 spiro atoms. The van der Waals surface area contributed by atoms with Crippen molar-refractivity contribution in [2.75, 3.05) is 5.32 Å². The average molecular weight is 428 g/mol. The summed E-state index contributed by atoms with van der Waals surface area (Å²) in [4.78, 5) is 21.4. The van der Waals surface area contributed by atoms with E-state index in [2.05, 4.69) is 43.3 Å². The number of carbonyl (C=O) groups excluding carboxylic acids is 1. The van der Waals surface area contributed by atoms with Crippen LogP contribution in [0.2, 0.25) is 0 Å². The first-order valence-electron chi connectivity index (χ1n) is 8.11. The van der Waals surface area contributed by atoms with E-state index in [9.17, 15) is 4.79 Å². The van der Waals surface area contributed by atoms with Crippen LogP contribution < -0.4 is 5.32 Å². The van der Waals surface area contributed by atoms with Crippen molar-refractivity contribution in [1.82, 2.24) is 9.97 Å². The second-order valence-corrected chi connectivity index (χ2v) is 7.69. The molecule has 1 N–H and O–H groups in total. The van der Waals surface area contributed by atoms with Gasteiger partial charge >= 0.3 is 0 Å². The number of carbonyl (C=O) groups is 1. The number of nitrogens with zero attached hydrogens (tertiary/aromatic N) is 2. The quantitative estimate of drug-likeness (QED) is 0.437. The van der Waals surface area contributed by atoms with Crippen LogP contribution in [0.25, 0.3) is 0 Å². The third-order valence-corrected chi connectivity index (χ3v) is 5.29. The first kappa shape index (κ1) is 18.6.